The van der Waals surface area contributed by atoms with E-state index in [4.69, 9.17) is 4.74 Å². The van der Waals surface area contributed by atoms with Crippen LogP contribution < -0.4 is 10.1 Å². The van der Waals surface area contributed by atoms with E-state index in [0.717, 1.165) is 36.5 Å². The molecule has 1 fully saturated rings. The summed E-state index contributed by atoms with van der Waals surface area (Å²) in [5, 5.41) is 3.40. The van der Waals surface area contributed by atoms with Crippen LogP contribution in [0.4, 0.5) is 0 Å². The van der Waals surface area contributed by atoms with Crippen molar-refractivity contribution in [2.75, 3.05) is 20.2 Å². The number of aryl methyl sites for hydroxylation is 1. The smallest absolute Gasteiger partial charge is 0.122 e. The lowest BCUT2D eigenvalue weighted by atomic mass is 9.72. The average molecular weight is 287 g/mol. The summed E-state index contributed by atoms with van der Waals surface area (Å²) in [6.45, 7) is 4.48. The number of nitrogens with one attached hydrogen (secondary N) is 1. The first-order valence-corrected chi connectivity index (χ1v) is 8.65. The van der Waals surface area contributed by atoms with Gasteiger partial charge < -0.3 is 10.1 Å². The van der Waals surface area contributed by atoms with E-state index in [9.17, 15) is 0 Å². The molecule has 2 heteroatoms. The van der Waals surface area contributed by atoms with Crippen LogP contribution in [0, 0.1) is 17.8 Å². The van der Waals surface area contributed by atoms with Crippen LogP contribution in [-0.2, 0) is 12.8 Å². The summed E-state index contributed by atoms with van der Waals surface area (Å²) in [6.07, 6.45) is 7.90. The van der Waals surface area contributed by atoms with Crippen molar-refractivity contribution in [1.29, 1.82) is 0 Å². The van der Waals surface area contributed by atoms with Crippen LogP contribution in [0.25, 0.3) is 0 Å². The van der Waals surface area contributed by atoms with Gasteiger partial charge in [-0.25, -0.2) is 0 Å². The first-order chi connectivity index (χ1) is 10.3. The molecule has 1 N–H and O–H groups in total. The molecule has 2 aliphatic rings. The molecule has 0 amide bonds. The Morgan fingerprint density at radius 1 is 1.24 bits per heavy atom. The van der Waals surface area contributed by atoms with Gasteiger partial charge >= 0.3 is 0 Å². The van der Waals surface area contributed by atoms with Gasteiger partial charge in [0.25, 0.3) is 0 Å². The third-order valence-corrected chi connectivity index (χ3v) is 5.43. The maximum atomic E-state index is 5.60. The van der Waals surface area contributed by atoms with Crippen LogP contribution in [0.5, 0.6) is 5.75 Å². The molecule has 2 nitrogen and oxygen atoms in total. The van der Waals surface area contributed by atoms with E-state index in [0.29, 0.717) is 0 Å². The second kappa shape index (κ2) is 6.83. The van der Waals surface area contributed by atoms with Gasteiger partial charge in [0.05, 0.1) is 6.61 Å². The first kappa shape index (κ1) is 14.9. The fourth-order valence-corrected chi connectivity index (χ4v) is 4.19. The quantitative estimate of drug-likeness (QED) is 0.889. The molecule has 0 saturated heterocycles. The number of hydrogen-bond acceptors (Lipinski definition) is 2. The Balaban J connectivity index is 1.59. The highest BCUT2D eigenvalue weighted by Gasteiger charge is 2.27. The van der Waals surface area contributed by atoms with Gasteiger partial charge in [-0.2, -0.15) is 0 Å². The summed E-state index contributed by atoms with van der Waals surface area (Å²) in [6, 6.07) is 6.82. The normalized spacial score (nSPS) is 28.2. The van der Waals surface area contributed by atoms with Crippen molar-refractivity contribution < 1.29 is 4.74 Å². The second-order valence-corrected chi connectivity index (χ2v) is 7.08. The van der Waals surface area contributed by atoms with Crippen molar-refractivity contribution in [3.8, 4) is 5.75 Å². The van der Waals surface area contributed by atoms with E-state index < -0.39 is 0 Å². The van der Waals surface area contributed by atoms with E-state index in [1.165, 1.54) is 49.8 Å². The predicted octanol–water partition coefficient (Wildman–Crippen LogP) is 3.83. The summed E-state index contributed by atoms with van der Waals surface area (Å²) in [5.41, 5.74) is 2.91. The summed E-state index contributed by atoms with van der Waals surface area (Å²) < 4.78 is 5.60. The summed E-state index contributed by atoms with van der Waals surface area (Å²) in [5.74, 6) is 3.80. The van der Waals surface area contributed by atoms with Crippen LogP contribution >= 0.6 is 0 Å². The van der Waals surface area contributed by atoms with E-state index in [1.54, 1.807) is 0 Å². The van der Waals surface area contributed by atoms with Crippen molar-refractivity contribution in [1.82, 2.24) is 5.32 Å². The Hall–Kier alpha value is -1.02. The minimum atomic E-state index is 0.864. The second-order valence-electron chi connectivity index (χ2n) is 7.08. The third kappa shape index (κ3) is 3.60. The monoisotopic (exact) mass is 287 g/mol. The number of hydrogen-bond donors (Lipinski definition) is 1. The zero-order valence-corrected chi connectivity index (χ0v) is 13.5. The molecule has 0 aromatic heterocycles. The van der Waals surface area contributed by atoms with Crippen molar-refractivity contribution in [3.05, 3.63) is 29.3 Å². The van der Waals surface area contributed by atoms with Crippen LogP contribution in [0.1, 0.15) is 43.7 Å². The highest BCUT2D eigenvalue weighted by atomic mass is 16.5. The van der Waals surface area contributed by atoms with Crippen LogP contribution in [-0.4, -0.2) is 20.2 Å². The van der Waals surface area contributed by atoms with Gasteiger partial charge in [0, 0.05) is 6.42 Å². The Morgan fingerprint density at radius 3 is 3.00 bits per heavy atom. The van der Waals surface area contributed by atoms with Gasteiger partial charge in [-0.05, 0) is 74.2 Å². The molecule has 1 aliphatic carbocycles. The lowest BCUT2D eigenvalue weighted by molar-refractivity contribution is 0.177. The number of fused-ring (bicyclic) bond motifs is 1. The molecule has 3 rings (SSSR count). The van der Waals surface area contributed by atoms with Crippen molar-refractivity contribution in [2.24, 2.45) is 17.8 Å². The minimum absolute atomic E-state index is 0.864. The van der Waals surface area contributed by atoms with E-state index in [-0.39, 0.29) is 0 Å². The number of ether oxygens (including phenoxy) is 1. The van der Waals surface area contributed by atoms with Gasteiger partial charge in [-0.3, -0.25) is 0 Å². The molecule has 3 atom stereocenters. The molecule has 21 heavy (non-hydrogen) atoms. The Kier molecular flexibility index (Phi) is 4.84. The molecule has 3 unspecified atom stereocenters. The van der Waals surface area contributed by atoms with E-state index in [1.807, 2.05) is 0 Å². The van der Waals surface area contributed by atoms with Crippen LogP contribution in [0.3, 0.4) is 0 Å². The molecule has 0 spiro atoms. The predicted molar refractivity (Wildman–Crippen MR) is 87.9 cm³/mol. The lowest BCUT2D eigenvalue weighted by Crippen LogP contribution is -2.31. The molecule has 116 valence electrons. The number of benzene rings is 1. The molecule has 1 aromatic rings. The van der Waals surface area contributed by atoms with Crippen molar-refractivity contribution in [2.45, 2.75) is 45.4 Å². The molecular formula is C19H29NO. The zero-order valence-electron chi connectivity index (χ0n) is 13.5. The zero-order chi connectivity index (χ0) is 14.7. The molecule has 1 aromatic carbocycles. The largest absolute Gasteiger partial charge is 0.493 e. The van der Waals surface area contributed by atoms with E-state index in [2.05, 4.69) is 37.5 Å². The Labute approximate surface area is 129 Å². The Bertz CT molecular complexity index is 471. The summed E-state index contributed by atoms with van der Waals surface area (Å²) in [7, 11) is 2.09. The third-order valence-electron chi connectivity index (χ3n) is 5.43. The molecule has 1 saturated carbocycles. The van der Waals surface area contributed by atoms with Gasteiger partial charge in [-0.15, -0.1) is 0 Å². The minimum Gasteiger partial charge on any atom is -0.493 e. The topological polar surface area (TPSA) is 21.3 Å². The molecule has 0 bridgehead atoms. The van der Waals surface area contributed by atoms with Crippen molar-refractivity contribution >= 4 is 0 Å². The molecule has 0 radical (unpaired) electrons. The summed E-state index contributed by atoms with van der Waals surface area (Å²) >= 11 is 0. The van der Waals surface area contributed by atoms with Gasteiger partial charge in [0.1, 0.15) is 5.75 Å². The molecule has 1 heterocycles. The maximum absolute atomic E-state index is 5.60. The standard InChI is InChI=1S/C19H29NO/c1-14-3-6-18(13-20-2)16(11-14)7-4-15-5-8-19-17(12-15)9-10-21-19/h5,8,12,14,16,18,20H,3-4,6-7,9-11,13H2,1-2H3. The Morgan fingerprint density at radius 2 is 2.14 bits per heavy atom. The van der Waals surface area contributed by atoms with Gasteiger partial charge in [0.15, 0.2) is 0 Å². The van der Waals surface area contributed by atoms with Crippen LogP contribution in [0.2, 0.25) is 0 Å². The highest BCUT2D eigenvalue weighted by molar-refractivity contribution is 5.39. The average Bonchev–Trinajstić information content (AvgIpc) is 2.95. The van der Waals surface area contributed by atoms with Crippen LogP contribution in [0.15, 0.2) is 18.2 Å². The maximum Gasteiger partial charge on any atom is 0.122 e. The fraction of sp³-hybridized carbons (Fsp3) is 0.684. The lowest BCUT2D eigenvalue weighted by Gasteiger charge is -2.35. The SMILES string of the molecule is CNCC1CCC(C)CC1CCc1ccc2c(c1)CCO2. The summed E-state index contributed by atoms with van der Waals surface area (Å²) in [4.78, 5) is 0. The number of rotatable bonds is 5. The fourth-order valence-electron chi connectivity index (χ4n) is 4.19. The van der Waals surface area contributed by atoms with E-state index >= 15 is 0 Å². The molecule has 1 aliphatic heterocycles. The van der Waals surface area contributed by atoms with Gasteiger partial charge in [-0.1, -0.05) is 25.5 Å². The van der Waals surface area contributed by atoms with Gasteiger partial charge in [0.2, 0.25) is 0 Å². The highest BCUT2D eigenvalue weighted by Crippen LogP contribution is 2.36. The first-order valence-electron chi connectivity index (χ1n) is 8.65. The molecular weight excluding hydrogens is 258 g/mol. The van der Waals surface area contributed by atoms with Crippen molar-refractivity contribution in [3.63, 3.8) is 0 Å².